The highest BCUT2D eigenvalue weighted by atomic mass is 35.5. The van der Waals surface area contributed by atoms with Crippen LogP contribution in [0.3, 0.4) is 0 Å². The average Bonchev–Trinajstić information content (AvgIpc) is 2.26. The molecule has 0 bridgehead atoms. The van der Waals surface area contributed by atoms with Gasteiger partial charge in [0.25, 0.3) is 5.69 Å². The molecule has 0 unspecified atom stereocenters. The van der Waals surface area contributed by atoms with Crippen LogP contribution in [-0.4, -0.2) is 16.3 Å². The van der Waals surface area contributed by atoms with Gasteiger partial charge in [-0.05, 0) is 12.1 Å². The first-order chi connectivity index (χ1) is 8.93. The molecule has 0 spiro atoms. The van der Waals surface area contributed by atoms with Crippen LogP contribution in [0.25, 0.3) is 0 Å². The number of halogens is 7. The third-order valence-electron chi connectivity index (χ3n) is 1.94. The Labute approximate surface area is 111 Å². The Morgan fingerprint density at radius 1 is 1.20 bits per heavy atom. The predicted molar refractivity (Wildman–Crippen MR) is 57.1 cm³/mol. The number of aliphatic imine (C=N–C) groups is 1. The van der Waals surface area contributed by atoms with Crippen molar-refractivity contribution >= 4 is 28.1 Å². The third-order valence-corrected chi connectivity index (χ3v) is 2.24. The molecule has 4 nitrogen and oxygen atoms in total. The second kappa shape index (κ2) is 5.27. The van der Waals surface area contributed by atoms with Crippen molar-refractivity contribution in [2.24, 2.45) is 4.99 Å². The number of alkyl halides is 6. The van der Waals surface area contributed by atoms with Gasteiger partial charge in [0.05, 0.1) is 10.6 Å². The van der Waals surface area contributed by atoms with E-state index in [-0.39, 0.29) is 6.07 Å². The van der Waals surface area contributed by atoms with Gasteiger partial charge < -0.3 is 0 Å². The van der Waals surface area contributed by atoms with E-state index in [4.69, 9.17) is 11.6 Å². The normalized spacial score (nSPS) is 13.4. The first-order valence-electron chi connectivity index (χ1n) is 4.60. The zero-order valence-electron chi connectivity index (χ0n) is 9.09. The van der Waals surface area contributed by atoms with E-state index in [1.165, 1.54) is 0 Å². The Morgan fingerprint density at radius 3 is 2.15 bits per heavy atom. The molecule has 1 aromatic rings. The first-order valence-corrected chi connectivity index (χ1v) is 4.97. The molecule has 0 N–H and O–H groups in total. The second-order valence-corrected chi connectivity index (χ2v) is 3.71. The van der Waals surface area contributed by atoms with Crippen LogP contribution in [0.15, 0.2) is 23.2 Å². The number of hydrogen-bond acceptors (Lipinski definition) is 3. The molecular formula is C9H3ClF6N2O2. The van der Waals surface area contributed by atoms with E-state index < -0.39 is 39.4 Å². The maximum atomic E-state index is 12.6. The van der Waals surface area contributed by atoms with E-state index in [1.54, 1.807) is 0 Å². The van der Waals surface area contributed by atoms with E-state index >= 15 is 0 Å². The lowest BCUT2D eigenvalue weighted by atomic mass is 10.1. The summed E-state index contributed by atoms with van der Waals surface area (Å²) in [4.78, 5) is 11.9. The lowest BCUT2D eigenvalue weighted by Gasteiger charge is -2.08. The molecule has 20 heavy (non-hydrogen) atoms. The van der Waals surface area contributed by atoms with E-state index in [0.29, 0.717) is 12.1 Å². The van der Waals surface area contributed by atoms with Gasteiger partial charge in [-0.3, -0.25) is 10.1 Å². The molecule has 0 aromatic heterocycles. The summed E-state index contributed by atoms with van der Waals surface area (Å²) >= 11 is 4.77. The molecular weight excluding hydrogens is 318 g/mol. The molecule has 11 heteroatoms. The highest BCUT2D eigenvalue weighted by molar-refractivity contribution is 6.67. The maximum Gasteiger partial charge on any atom is 0.444 e. The Kier molecular flexibility index (Phi) is 4.27. The summed E-state index contributed by atoms with van der Waals surface area (Å²) in [5.41, 5.74) is -3.81. The number of nitrogens with zero attached hydrogens (tertiary/aromatic N) is 2. The first kappa shape index (κ1) is 16.2. The highest BCUT2D eigenvalue weighted by Crippen LogP contribution is 2.38. The summed E-state index contributed by atoms with van der Waals surface area (Å²) in [6, 6.07) is 1.15. The van der Waals surface area contributed by atoms with Gasteiger partial charge in [0.2, 0.25) is 5.17 Å². The molecule has 0 amide bonds. The van der Waals surface area contributed by atoms with Crippen LogP contribution in [0.2, 0.25) is 0 Å². The fourth-order valence-corrected chi connectivity index (χ4v) is 1.25. The number of hydrogen-bond donors (Lipinski definition) is 0. The van der Waals surface area contributed by atoms with Gasteiger partial charge in [-0.25, -0.2) is 4.99 Å². The smallest absolute Gasteiger partial charge is 0.258 e. The van der Waals surface area contributed by atoms with Crippen LogP contribution in [0, 0.1) is 10.1 Å². The van der Waals surface area contributed by atoms with Gasteiger partial charge in [-0.2, -0.15) is 26.3 Å². The number of nitro groups is 1. The van der Waals surface area contributed by atoms with Crippen molar-refractivity contribution in [3.05, 3.63) is 33.9 Å². The van der Waals surface area contributed by atoms with E-state index in [2.05, 4.69) is 4.99 Å². The van der Waals surface area contributed by atoms with Crippen molar-refractivity contribution in [2.45, 2.75) is 12.4 Å². The van der Waals surface area contributed by atoms with E-state index in [9.17, 15) is 36.5 Å². The van der Waals surface area contributed by atoms with Crippen LogP contribution in [0.5, 0.6) is 0 Å². The molecule has 0 aliphatic carbocycles. The lowest BCUT2D eigenvalue weighted by molar-refractivity contribution is -0.388. The summed E-state index contributed by atoms with van der Waals surface area (Å²) in [5, 5.41) is 8.54. The molecule has 0 saturated heterocycles. The van der Waals surface area contributed by atoms with Crippen LogP contribution in [-0.2, 0) is 6.18 Å². The molecule has 0 radical (unpaired) electrons. The van der Waals surface area contributed by atoms with Gasteiger partial charge in [-0.15, -0.1) is 0 Å². The van der Waals surface area contributed by atoms with Crippen LogP contribution >= 0.6 is 11.6 Å². The second-order valence-electron chi connectivity index (χ2n) is 3.36. The maximum absolute atomic E-state index is 12.6. The van der Waals surface area contributed by atoms with E-state index in [0.717, 1.165) is 0 Å². The van der Waals surface area contributed by atoms with Gasteiger partial charge in [0.1, 0.15) is 5.56 Å². The molecule has 0 aliphatic heterocycles. The number of rotatable bonds is 2. The SMILES string of the molecule is O=[N+]([O-])c1ccc(N=C(Cl)C(F)(F)F)cc1C(F)(F)F. The molecule has 1 aromatic carbocycles. The van der Waals surface area contributed by atoms with Gasteiger partial charge >= 0.3 is 12.4 Å². The fraction of sp³-hybridized carbons (Fsp3) is 0.222. The molecule has 0 atom stereocenters. The average molecular weight is 321 g/mol. The van der Waals surface area contributed by atoms with Crippen molar-refractivity contribution in [3.63, 3.8) is 0 Å². The van der Waals surface area contributed by atoms with Crippen molar-refractivity contribution in [1.29, 1.82) is 0 Å². The lowest BCUT2D eigenvalue weighted by Crippen LogP contribution is -2.16. The van der Waals surface area contributed by atoms with Crippen LogP contribution in [0.4, 0.5) is 37.7 Å². The number of nitro benzene ring substituents is 1. The minimum Gasteiger partial charge on any atom is -0.258 e. The third kappa shape index (κ3) is 3.83. The minimum absolute atomic E-state index is 0.117. The molecule has 0 fully saturated rings. The highest BCUT2D eigenvalue weighted by Gasteiger charge is 2.39. The molecule has 110 valence electrons. The quantitative estimate of drug-likeness (QED) is 0.350. The molecule has 0 saturated carbocycles. The van der Waals surface area contributed by atoms with Crippen molar-refractivity contribution in [3.8, 4) is 0 Å². The Morgan fingerprint density at radius 2 is 1.75 bits per heavy atom. The zero-order chi connectivity index (χ0) is 15.7. The Hall–Kier alpha value is -1.84. The minimum atomic E-state index is -5.11. The molecule has 1 rings (SSSR count). The van der Waals surface area contributed by atoms with Crippen LogP contribution < -0.4 is 0 Å². The largest absolute Gasteiger partial charge is 0.444 e. The van der Waals surface area contributed by atoms with Crippen LogP contribution in [0.1, 0.15) is 5.56 Å². The summed E-state index contributed by atoms with van der Waals surface area (Å²) in [7, 11) is 0. The fourth-order valence-electron chi connectivity index (χ4n) is 1.16. The summed E-state index contributed by atoms with van der Waals surface area (Å²) in [5.74, 6) is 0. The topological polar surface area (TPSA) is 55.5 Å². The summed E-state index contributed by atoms with van der Waals surface area (Å²) in [6.45, 7) is 0. The predicted octanol–water partition coefficient (Wildman–Crippen LogP) is 4.44. The van der Waals surface area contributed by atoms with Crippen molar-refractivity contribution in [2.75, 3.05) is 0 Å². The Bertz CT molecular complexity index is 567. The van der Waals surface area contributed by atoms with Gasteiger partial charge in [0.15, 0.2) is 0 Å². The molecule has 0 heterocycles. The van der Waals surface area contributed by atoms with Gasteiger partial charge in [0, 0.05) is 6.07 Å². The van der Waals surface area contributed by atoms with Crippen molar-refractivity contribution in [1.82, 2.24) is 0 Å². The molecule has 0 aliphatic rings. The van der Waals surface area contributed by atoms with Gasteiger partial charge in [-0.1, -0.05) is 11.6 Å². The van der Waals surface area contributed by atoms with E-state index in [1.807, 2.05) is 0 Å². The standard InChI is InChI=1S/C9H3ClF6N2O2/c10-7(9(14,15)16)17-4-1-2-6(18(19)20)5(3-4)8(11,12)13/h1-3H. The van der Waals surface area contributed by atoms with Crippen molar-refractivity contribution < 1.29 is 31.3 Å². The summed E-state index contributed by atoms with van der Waals surface area (Å²) < 4.78 is 73.9. The zero-order valence-corrected chi connectivity index (χ0v) is 9.84. The number of benzene rings is 1. The monoisotopic (exact) mass is 320 g/mol. The summed E-state index contributed by atoms with van der Waals surface area (Å²) in [6.07, 6.45) is -10.1. The Balaban J connectivity index is 3.38.